The third kappa shape index (κ3) is 3.97. The maximum absolute atomic E-state index is 11.5. The number of esters is 1. The zero-order valence-corrected chi connectivity index (χ0v) is 10.9. The lowest BCUT2D eigenvalue weighted by molar-refractivity contribution is -0.136. The van der Waals surface area contributed by atoms with E-state index >= 15 is 0 Å². The highest BCUT2D eigenvalue weighted by molar-refractivity contribution is 5.87. The number of rotatable bonds is 4. The van der Waals surface area contributed by atoms with Crippen molar-refractivity contribution in [2.75, 3.05) is 26.7 Å². The molecule has 17 heavy (non-hydrogen) atoms. The average molecular weight is 239 g/mol. The van der Waals surface area contributed by atoms with Gasteiger partial charge < -0.3 is 4.74 Å². The van der Waals surface area contributed by atoms with Crippen molar-refractivity contribution in [3.05, 3.63) is 11.6 Å². The molecule has 1 heterocycles. The Morgan fingerprint density at radius 1 is 1.59 bits per heavy atom. The van der Waals surface area contributed by atoms with Gasteiger partial charge in [-0.2, -0.15) is 0 Å². The predicted octanol–water partition coefficient (Wildman–Crippen LogP) is 1.41. The van der Waals surface area contributed by atoms with Gasteiger partial charge in [0.05, 0.1) is 7.11 Å². The van der Waals surface area contributed by atoms with Gasteiger partial charge in [0.15, 0.2) is 0 Å². The van der Waals surface area contributed by atoms with Crippen molar-refractivity contribution in [3.8, 4) is 0 Å². The van der Waals surface area contributed by atoms with Crippen molar-refractivity contribution in [2.45, 2.75) is 26.7 Å². The molecule has 1 rings (SSSR count). The van der Waals surface area contributed by atoms with E-state index in [0.29, 0.717) is 24.3 Å². The number of carbonyl (C=O) groups excluding carboxylic acids is 2. The number of hydrogen-bond donors (Lipinski definition) is 0. The molecule has 1 unspecified atom stereocenters. The Morgan fingerprint density at radius 3 is 2.88 bits per heavy atom. The fraction of sp³-hybridized carbons (Fsp3) is 0.692. The van der Waals surface area contributed by atoms with E-state index in [1.807, 2.05) is 13.0 Å². The Kier molecular flexibility index (Phi) is 5.35. The first-order chi connectivity index (χ1) is 8.08. The van der Waals surface area contributed by atoms with Gasteiger partial charge in [-0.15, -0.1) is 0 Å². The monoisotopic (exact) mass is 239 g/mol. The Bertz CT molecular complexity index is 323. The maximum atomic E-state index is 11.5. The molecule has 0 amide bonds. The first-order valence-corrected chi connectivity index (χ1v) is 6.08. The quantitative estimate of drug-likeness (QED) is 0.549. The van der Waals surface area contributed by atoms with E-state index in [-0.39, 0.29) is 11.9 Å². The molecule has 4 nitrogen and oxygen atoms in total. The molecule has 4 heteroatoms. The van der Waals surface area contributed by atoms with E-state index in [4.69, 9.17) is 0 Å². The van der Waals surface area contributed by atoms with Crippen LogP contribution in [-0.2, 0) is 14.3 Å². The van der Waals surface area contributed by atoms with Crippen LogP contribution >= 0.6 is 0 Å². The van der Waals surface area contributed by atoms with Crippen LogP contribution in [0.1, 0.15) is 26.7 Å². The van der Waals surface area contributed by atoms with Crippen molar-refractivity contribution >= 4 is 11.8 Å². The van der Waals surface area contributed by atoms with Gasteiger partial charge in [0.1, 0.15) is 5.78 Å². The van der Waals surface area contributed by atoms with Gasteiger partial charge in [-0.3, -0.25) is 9.69 Å². The van der Waals surface area contributed by atoms with Gasteiger partial charge in [-0.05, 0) is 13.3 Å². The number of Topliss-reactive ketones (excluding diaryl/α,β-unsaturated/α-hetero) is 1. The minimum absolute atomic E-state index is 0.163. The zero-order chi connectivity index (χ0) is 12.8. The van der Waals surface area contributed by atoms with Crippen LogP contribution in [-0.4, -0.2) is 43.4 Å². The number of hydrogen-bond acceptors (Lipinski definition) is 4. The van der Waals surface area contributed by atoms with Gasteiger partial charge >= 0.3 is 5.97 Å². The summed E-state index contributed by atoms with van der Waals surface area (Å²) >= 11 is 0. The summed E-state index contributed by atoms with van der Waals surface area (Å²) in [7, 11) is 1.38. The van der Waals surface area contributed by atoms with Crippen molar-refractivity contribution in [1.29, 1.82) is 0 Å². The van der Waals surface area contributed by atoms with Crippen molar-refractivity contribution in [2.24, 2.45) is 5.92 Å². The second-order valence-electron chi connectivity index (χ2n) is 4.46. The highest BCUT2D eigenvalue weighted by Gasteiger charge is 2.24. The van der Waals surface area contributed by atoms with Crippen LogP contribution in [0.15, 0.2) is 11.6 Å². The minimum atomic E-state index is -0.287. The van der Waals surface area contributed by atoms with E-state index in [0.717, 1.165) is 19.5 Å². The van der Waals surface area contributed by atoms with Crippen LogP contribution in [0.4, 0.5) is 0 Å². The molecule has 0 aromatic carbocycles. The normalized spacial score (nSPS) is 22.6. The zero-order valence-electron chi connectivity index (χ0n) is 10.9. The van der Waals surface area contributed by atoms with Crippen molar-refractivity contribution in [3.63, 3.8) is 0 Å². The van der Waals surface area contributed by atoms with Gasteiger partial charge in [0, 0.05) is 37.5 Å². The standard InChI is InChI=1S/C13H21NO3/c1-4-11-9-14(8-6-12(11)15)7-5-10(2)13(16)17-3/h5,11H,4,6-9H2,1-3H3/b10-5-. The lowest BCUT2D eigenvalue weighted by Gasteiger charge is -2.30. The molecule has 0 aliphatic carbocycles. The Labute approximate surface area is 103 Å². The number of likely N-dealkylation sites (tertiary alicyclic amines) is 1. The maximum Gasteiger partial charge on any atom is 0.333 e. The topological polar surface area (TPSA) is 46.6 Å². The molecule has 0 bridgehead atoms. The van der Waals surface area contributed by atoms with Crippen LogP contribution in [0.25, 0.3) is 0 Å². The summed E-state index contributed by atoms with van der Waals surface area (Å²) in [4.78, 5) is 25.0. The Hall–Kier alpha value is -1.16. The predicted molar refractivity (Wildman–Crippen MR) is 65.6 cm³/mol. The number of piperidine rings is 1. The molecule has 1 fully saturated rings. The molecule has 0 aromatic heterocycles. The summed E-state index contributed by atoms with van der Waals surface area (Å²) in [5.74, 6) is 0.248. The first-order valence-electron chi connectivity index (χ1n) is 6.08. The summed E-state index contributed by atoms with van der Waals surface area (Å²) in [5, 5.41) is 0. The highest BCUT2D eigenvalue weighted by atomic mass is 16.5. The van der Waals surface area contributed by atoms with Crippen molar-refractivity contribution < 1.29 is 14.3 Å². The van der Waals surface area contributed by atoms with E-state index in [1.165, 1.54) is 7.11 Å². The number of ether oxygens (including phenoxy) is 1. The number of nitrogens with zero attached hydrogens (tertiary/aromatic N) is 1. The third-order valence-corrected chi connectivity index (χ3v) is 3.26. The minimum Gasteiger partial charge on any atom is -0.466 e. The van der Waals surface area contributed by atoms with Gasteiger partial charge in [-0.25, -0.2) is 4.79 Å². The molecule has 0 radical (unpaired) electrons. The number of carbonyl (C=O) groups is 2. The van der Waals surface area contributed by atoms with Crippen molar-refractivity contribution in [1.82, 2.24) is 4.90 Å². The van der Waals surface area contributed by atoms with E-state index in [2.05, 4.69) is 9.64 Å². The van der Waals surface area contributed by atoms with E-state index in [1.54, 1.807) is 6.92 Å². The lowest BCUT2D eigenvalue weighted by Crippen LogP contribution is -2.40. The average Bonchev–Trinajstić information content (AvgIpc) is 2.36. The first kappa shape index (κ1) is 13.9. The highest BCUT2D eigenvalue weighted by Crippen LogP contribution is 2.16. The van der Waals surface area contributed by atoms with Crippen LogP contribution in [0.2, 0.25) is 0 Å². The third-order valence-electron chi connectivity index (χ3n) is 3.26. The molecule has 1 atom stereocenters. The molecule has 0 aromatic rings. The molecule has 0 saturated carbocycles. The van der Waals surface area contributed by atoms with Gasteiger partial charge in [0.2, 0.25) is 0 Å². The molecular formula is C13H21NO3. The summed E-state index contributed by atoms with van der Waals surface area (Å²) in [6.07, 6.45) is 3.40. The Balaban J connectivity index is 2.48. The van der Waals surface area contributed by atoms with Crippen LogP contribution in [0, 0.1) is 5.92 Å². The van der Waals surface area contributed by atoms with Gasteiger partial charge in [0.25, 0.3) is 0 Å². The fourth-order valence-electron chi connectivity index (χ4n) is 2.01. The molecular weight excluding hydrogens is 218 g/mol. The molecule has 96 valence electrons. The second-order valence-corrected chi connectivity index (χ2v) is 4.46. The lowest BCUT2D eigenvalue weighted by atomic mass is 9.94. The number of methoxy groups -OCH3 is 1. The smallest absolute Gasteiger partial charge is 0.333 e. The van der Waals surface area contributed by atoms with E-state index < -0.39 is 0 Å². The van der Waals surface area contributed by atoms with Crippen LogP contribution < -0.4 is 0 Å². The van der Waals surface area contributed by atoms with E-state index in [9.17, 15) is 9.59 Å². The number of ketones is 1. The summed E-state index contributed by atoms with van der Waals surface area (Å²) in [5.41, 5.74) is 0.623. The molecule has 1 saturated heterocycles. The Morgan fingerprint density at radius 2 is 2.29 bits per heavy atom. The summed E-state index contributed by atoms with van der Waals surface area (Å²) < 4.78 is 4.63. The summed E-state index contributed by atoms with van der Waals surface area (Å²) in [6.45, 7) is 6.10. The SMILES string of the molecule is CCC1CN(C/C=C(/C)C(=O)OC)CCC1=O. The van der Waals surface area contributed by atoms with Gasteiger partial charge in [-0.1, -0.05) is 13.0 Å². The molecule has 0 N–H and O–H groups in total. The van der Waals surface area contributed by atoms with Crippen LogP contribution in [0.3, 0.4) is 0 Å². The molecule has 1 aliphatic heterocycles. The molecule has 1 aliphatic rings. The second kappa shape index (κ2) is 6.55. The molecule has 0 spiro atoms. The largest absolute Gasteiger partial charge is 0.466 e. The fourth-order valence-corrected chi connectivity index (χ4v) is 2.01. The summed E-state index contributed by atoms with van der Waals surface area (Å²) in [6, 6.07) is 0. The van der Waals surface area contributed by atoms with Crippen LogP contribution in [0.5, 0.6) is 0 Å².